The van der Waals surface area contributed by atoms with Gasteiger partial charge < -0.3 is 5.11 Å². The van der Waals surface area contributed by atoms with E-state index in [1.165, 1.54) is 6.07 Å². The highest BCUT2D eigenvalue weighted by atomic mass is 19.4. The summed E-state index contributed by atoms with van der Waals surface area (Å²) in [5.74, 6) is 0. The van der Waals surface area contributed by atoms with Crippen molar-refractivity contribution in [2.45, 2.75) is 38.6 Å². The number of aliphatic hydroxyl groups excluding tert-OH is 1. The van der Waals surface area contributed by atoms with Crippen molar-refractivity contribution in [3.05, 3.63) is 53.3 Å². The molecular weight excluding hydrogens is 281 g/mol. The Hall–Kier alpha value is -1.82. The van der Waals surface area contributed by atoms with E-state index in [0.29, 0.717) is 12.0 Å². The number of alkyl halides is 3. The predicted molar refractivity (Wildman–Crippen MR) is 72.8 cm³/mol. The lowest BCUT2D eigenvalue weighted by atomic mass is 10.0. The van der Waals surface area contributed by atoms with E-state index in [9.17, 15) is 18.3 Å². The van der Waals surface area contributed by atoms with Gasteiger partial charge in [0.15, 0.2) is 0 Å². The monoisotopic (exact) mass is 298 g/mol. The Balaban J connectivity index is 2.00. The second-order valence-corrected chi connectivity index (χ2v) is 4.96. The Morgan fingerprint density at radius 1 is 1.24 bits per heavy atom. The van der Waals surface area contributed by atoms with Gasteiger partial charge in [-0.2, -0.15) is 18.3 Å². The number of halogens is 3. The molecule has 0 aliphatic heterocycles. The minimum Gasteiger partial charge on any atom is -0.392 e. The first kappa shape index (κ1) is 15.6. The number of benzene rings is 1. The highest BCUT2D eigenvalue weighted by Crippen LogP contribution is 2.29. The zero-order valence-electron chi connectivity index (χ0n) is 11.6. The van der Waals surface area contributed by atoms with Crippen molar-refractivity contribution in [3.63, 3.8) is 0 Å². The third-order valence-electron chi connectivity index (χ3n) is 3.21. The van der Waals surface area contributed by atoms with Crippen LogP contribution >= 0.6 is 0 Å². The van der Waals surface area contributed by atoms with Crippen LogP contribution in [0.15, 0.2) is 36.7 Å². The van der Waals surface area contributed by atoms with Gasteiger partial charge in [-0.1, -0.05) is 18.2 Å². The molecule has 0 saturated heterocycles. The average molecular weight is 298 g/mol. The minimum atomic E-state index is -4.36. The van der Waals surface area contributed by atoms with Crippen LogP contribution < -0.4 is 0 Å². The third kappa shape index (κ3) is 4.32. The predicted octanol–water partition coefficient (Wildman–Crippen LogP) is 3.07. The summed E-state index contributed by atoms with van der Waals surface area (Å²) in [4.78, 5) is 0. The van der Waals surface area contributed by atoms with E-state index in [0.717, 1.165) is 24.2 Å². The highest BCUT2D eigenvalue weighted by molar-refractivity contribution is 5.26. The van der Waals surface area contributed by atoms with Gasteiger partial charge in [0.1, 0.15) is 0 Å². The Morgan fingerprint density at radius 3 is 2.57 bits per heavy atom. The van der Waals surface area contributed by atoms with Crippen molar-refractivity contribution in [2.24, 2.45) is 0 Å². The second kappa shape index (κ2) is 6.30. The summed E-state index contributed by atoms with van der Waals surface area (Å²) in [7, 11) is 0. The van der Waals surface area contributed by atoms with Crippen LogP contribution in [0.25, 0.3) is 0 Å². The highest BCUT2D eigenvalue weighted by Gasteiger charge is 2.30. The van der Waals surface area contributed by atoms with E-state index in [4.69, 9.17) is 0 Å². The fraction of sp³-hybridized carbons (Fsp3) is 0.400. The van der Waals surface area contributed by atoms with E-state index in [1.54, 1.807) is 16.9 Å². The Bertz CT molecular complexity index is 593. The minimum absolute atomic E-state index is 0.182. The largest absolute Gasteiger partial charge is 0.416 e. The van der Waals surface area contributed by atoms with Gasteiger partial charge in [-0.25, -0.2) is 0 Å². The number of nitrogens with zero attached hydrogens (tertiary/aromatic N) is 2. The van der Waals surface area contributed by atoms with E-state index in [-0.39, 0.29) is 6.42 Å². The van der Waals surface area contributed by atoms with Crippen LogP contribution in [-0.2, 0) is 25.6 Å². The maximum absolute atomic E-state index is 12.6. The van der Waals surface area contributed by atoms with E-state index >= 15 is 0 Å². The van der Waals surface area contributed by atoms with Crippen molar-refractivity contribution in [2.75, 3.05) is 0 Å². The van der Waals surface area contributed by atoms with Crippen molar-refractivity contribution in [1.29, 1.82) is 0 Å². The fourth-order valence-corrected chi connectivity index (χ4v) is 2.18. The Morgan fingerprint density at radius 2 is 1.95 bits per heavy atom. The van der Waals surface area contributed by atoms with Gasteiger partial charge in [0.2, 0.25) is 0 Å². The summed E-state index contributed by atoms with van der Waals surface area (Å²) < 4.78 is 39.6. The van der Waals surface area contributed by atoms with Gasteiger partial charge in [0.25, 0.3) is 0 Å². The standard InChI is InChI=1S/C15H17F3N2O/c1-2-20-10-12(9-19-20)8-14(21)7-11-4-3-5-13(6-11)15(16,17)18/h3-6,9-10,14,21H,2,7-8H2,1H3. The topological polar surface area (TPSA) is 38.0 Å². The molecular formula is C15H17F3N2O. The van der Waals surface area contributed by atoms with Crippen LogP contribution in [0.5, 0.6) is 0 Å². The number of hydrogen-bond acceptors (Lipinski definition) is 2. The van der Waals surface area contributed by atoms with Gasteiger partial charge in [-0.3, -0.25) is 4.68 Å². The van der Waals surface area contributed by atoms with Crippen LogP contribution in [0.2, 0.25) is 0 Å². The molecule has 0 fully saturated rings. The van der Waals surface area contributed by atoms with Gasteiger partial charge in [-0.15, -0.1) is 0 Å². The van der Waals surface area contributed by atoms with Crippen LogP contribution in [0, 0.1) is 0 Å². The third-order valence-corrected chi connectivity index (χ3v) is 3.21. The maximum Gasteiger partial charge on any atom is 0.416 e. The number of hydrogen-bond donors (Lipinski definition) is 1. The zero-order valence-corrected chi connectivity index (χ0v) is 11.6. The quantitative estimate of drug-likeness (QED) is 0.921. The summed E-state index contributed by atoms with van der Waals surface area (Å²) in [5.41, 5.74) is 0.655. The van der Waals surface area contributed by atoms with Gasteiger partial charge in [-0.05, 0) is 30.5 Å². The molecule has 21 heavy (non-hydrogen) atoms. The van der Waals surface area contributed by atoms with Crippen molar-refractivity contribution >= 4 is 0 Å². The normalized spacial score (nSPS) is 13.4. The smallest absolute Gasteiger partial charge is 0.392 e. The number of aromatic nitrogens is 2. The number of aliphatic hydroxyl groups is 1. The molecule has 6 heteroatoms. The van der Waals surface area contributed by atoms with Crippen molar-refractivity contribution < 1.29 is 18.3 Å². The van der Waals surface area contributed by atoms with Crippen LogP contribution in [0.3, 0.4) is 0 Å². The fourth-order valence-electron chi connectivity index (χ4n) is 2.18. The molecule has 3 nitrogen and oxygen atoms in total. The summed E-state index contributed by atoms with van der Waals surface area (Å²) in [5, 5.41) is 14.1. The van der Waals surface area contributed by atoms with Gasteiger partial charge in [0.05, 0.1) is 17.9 Å². The maximum atomic E-state index is 12.6. The average Bonchev–Trinajstić information content (AvgIpc) is 2.85. The first-order chi connectivity index (χ1) is 9.88. The molecule has 0 aliphatic rings. The molecule has 1 aromatic carbocycles. The molecule has 1 atom stereocenters. The molecule has 1 N–H and O–H groups in total. The number of rotatable bonds is 5. The lowest BCUT2D eigenvalue weighted by Gasteiger charge is -2.12. The SMILES string of the molecule is CCn1cc(CC(O)Cc2cccc(C(F)(F)F)c2)cn1. The van der Waals surface area contributed by atoms with E-state index < -0.39 is 17.8 Å². The van der Waals surface area contributed by atoms with E-state index in [1.807, 2.05) is 13.1 Å². The van der Waals surface area contributed by atoms with Crippen LogP contribution in [-0.4, -0.2) is 21.0 Å². The van der Waals surface area contributed by atoms with E-state index in [2.05, 4.69) is 5.10 Å². The van der Waals surface area contributed by atoms with Gasteiger partial charge >= 0.3 is 6.18 Å². The van der Waals surface area contributed by atoms with Crippen molar-refractivity contribution in [1.82, 2.24) is 9.78 Å². The van der Waals surface area contributed by atoms with Crippen LogP contribution in [0.1, 0.15) is 23.6 Å². The number of aryl methyl sites for hydroxylation is 1. The first-order valence-corrected chi connectivity index (χ1v) is 6.74. The molecule has 0 saturated carbocycles. The molecule has 2 aromatic rings. The first-order valence-electron chi connectivity index (χ1n) is 6.74. The Labute approximate surface area is 121 Å². The Kier molecular flexibility index (Phi) is 4.67. The lowest BCUT2D eigenvalue weighted by Crippen LogP contribution is -2.14. The molecule has 0 bridgehead atoms. The van der Waals surface area contributed by atoms with Gasteiger partial charge in [0, 0.05) is 19.2 Å². The molecule has 0 amide bonds. The van der Waals surface area contributed by atoms with Crippen LogP contribution in [0.4, 0.5) is 13.2 Å². The molecule has 1 heterocycles. The molecule has 1 unspecified atom stereocenters. The molecule has 1 aromatic heterocycles. The zero-order chi connectivity index (χ0) is 15.5. The summed E-state index contributed by atoms with van der Waals surface area (Å²) in [6.07, 6.45) is -1.04. The molecule has 114 valence electrons. The summed E-state index contributed by atoms with van der Waals surface area (Å²) in [6.45, 7) is 2.69. The summed E-state index contributed by atoms with van der Waals surface area (Å²) >= 11 is 0. The lowest BCUT2D eigenvalue weighted by molar-refractivity contribution is -0.137. The molecule has 0 aliphatic carbocycles. The molecule has 0 spiro atoms. The molecule has 0 radical (unpaired) electrons. The second-order valence-electron chi connectivity index (χ2n) is 4.96. The molecule has 2 rings (SSSR count). The van der Waals surface area contributed by atoms with Crippen molar-refractivity contribution in [3.8, 4) is 0 Å². The summed E-state index contributed by atoms with van der Waals surface area (Å²) in [6, 6.07) is 5.06.